The van der Waals surface area contributed by atoms with Crippen molar-refractivity contribution in [2.45, 2.75) is 26.2 Å². The number of carboxylic acids is 1. The smallest absolute Gasteiger partial charge is 0.303 e. The van der Waals surface area contributed by atoms with E-state index in [1.807, 2.05) is 18.2 Å². The van der Waals surface area contributed by atoms with Crippen LogP contribution in [0.25, 0.3) is 11.1 Å². The Balaban J connectivity index is 1.31. The number of nitrogens with one attached hydrogen (secondary N) is 1. The van der Waals surface area contributed by atoms with Crippen LogP contribution in [-0.4, -0.2) is 41.4 Å². The van der Waals surface area contributed by atoms with Crippen molar-refractivity contribution < 1.29 is 18.7 Å². The minimum atomic E-state index is -0.746. The van der Waals surface area contributed by atoms with Gasteiger partial charge in [0.15, 0.2) is 0 Å². The molecule has 0 aliphatic carbocycles. The van der Waals surface area contributed by atoms with E-state index in [0.717, 1.165) is 42.9 Å². The summed E-state index contributed by atoms with van der Waals surface area (Å²) in [6.45, 7) is 3.58. The van der Waals surface area contributed by atoms with Crippen LogP contribution in [0.1, 0.15) is 30.4 Å². The summed E-state index contributed by atoms with van der Waals surface area (Å²) in [5, 5.41) is 12.0. The first-order valence-electron chi connectivity index (χ1n) is 11.7. The number of nitrogens with zero attached hydrogens (tertiary/aromatic N) is 3. The predicted molar refractivity (Wildman–Crippen MR) is 133 cm³/mol. The summed E-state index contributed by atoms with van der Waals surface area (Å²) in [7, 11) is 0. The van der Waals surface area contributed by atoms with Crippen LogP contribution in [-0.2, 0) is 4.79 Å². The van der Waals surface area contributed by atoms with E-state index in [9.17, 15) is 9.18 Å². The zero-order valence-corrected chi connectivity index (χ0v) is 19.4. The lowest BCUT2D eigenvalue weighted by Crippen LogP contribution is -2.34. The van der Waals surface area contributed by atoms with E-state index in [1.54, 1.807) is 25.3 Å². The van der Waals surface area contributed by atoms with Crippen LogP contribution in [0.4, 0.5) is 26.0 Å². The van der Waals surface area contributed by atoms with Gasteiger partial charge in [-0.1, -0.05) is 6.07 Å². The lowest BCUT2D eigenvalue weighted by Gasteiger charge is -2.32. The zero-order valence-electron chi connectivity index (χ0n) is 19.4. The predicted octanol–water partition coefficient (Wildman–Crippen LogP) is 5.57. The molecule has 0 atom stereocenters. The number of benzene rings is 2. The third-order valence-corrected chi connectivity index (χ3v) is 6.66. The Morgan fingerprint density at radius 1 is 1.09 bits per heavy atom. The van der Waals surface area contributed by atoms with Gasteiger partial charge in [-0.3, -0.25) is 4.79 Å². The SMILES string of the molecule is Cc1cc(F)c2c(c1)N=C(c1ccc(-c3ccc(N4CCC(CC(=O)O)CC4)nc3)cc1F)CN2. The van der Waals surface area contributed by atoms with Gasteiger partial charge in [0, 0.05) is 36.8 Å². The van der Waals surface area contributed by atoms with Gasteiger partial charge in [-0.15, -0.1) is 0 Å². The lowest BCUT2D eigenvalue weighted by molar-refractivity contribution is -0.138. The average Bonchev–Trinajstić information content (AvgIpc) is 2.84. The number of piperidine rings is 1. The second-order valence-corrected chi connectivity index (χ2v) is 9.18. The summed E-state index contributed by atoms with van der Waals surface area (Å²) in [4.78, 5) is 22.2. The second-order valence-electron chi connectivity index (χ2n) is 9.18. The van der Waals surface area contributed by atoms with Crippen molar-refractivity contribution in [3.05, 3.63) is 71.4 Å². The summed E-state index contributed by atoms with van der Waals surface area (Å²) >= 11 is 0. The molecule has 2 aromatic carbocycles. The maximum Gasteiger partial charge on any atom is 0.303 e. The third-order valence-electron chi connectivity index (χ3n) is 6.66. The number of pyridine rings is 1. The molecule has 5 rings (SSSR count). The van der Waals surface area contributed by atoms with Gasteiger partial charge in [-0.2, -0.15) is 0 Å². The van der Waals surface area contributed by atoms with Crippen LogP contribution in [0.3, 0.4) is 0 Å². The highest BCUT2D eigenvalue weighted by Crippen LogP contribution is 2.34. The molecule has 0 bridgehead atoms. The summed E-state index contributed by atoms with van der Waals surface area (Å²) in [5.41, 5.74) is 3.97. The molecule has 1 saturated heterocycles. The van der Waals surface area contributed by atoms with Crippen molar-refractivity contribution in [1.29, 1.82) is 0 Å². The summed E-state index contributed by atoms with van der Waals surface area (Å²) in [6, 6.07) is 12.1. The first kappa shape index (κ1) is 23.0. The van der Waals surface area contributed by atoms with Crippen molar-refractivity contribution >= 4 is 28.9 Å². The van der Waals surface area contributed by atoms with Crippen LogP contribution in [0.15, 0.2) is 53.7 Å². The third kappa shape index (κ3) is 4.87. The van der Waals surface area contributed by atoms with Crippen molar-refractivity contribution in [3.8, 4) is 11.1 Å². The van der Waals surface area contributed by atoms with Crippen molar-refractivity contribution in [1.82, 2.24) is 4.98 Å². The molecule has 0 saturated carbocycles. The van der Waals surface area contributed by atoms with Crippen molar-refractivity contribution in [3.63, 3.8) is 0 Å². The number of rotatable bonds is 5. The monoisotopic (exact) mass is 476 g/mol. The van der Waals surface area contributed by atoms with Gasteiger partial charge in [-0.05, 0) is 73.2 Å². The van der Waals surface area contributed by atoms with E-state index in [1.165, 1.54) is 12.1 Å². The molecule has 0 spiro atoms. The van der Waals surface area contributed by atoms with Crippen LogP contribution < -0.4 is 10.2 Å². The number of aromatic nitrogens is 1. The Kier molecular flexibility index (Phi) is 6.19. The number of halogens is 2. The summed E-state index contributed by atoms with van der Waals surface area (Å²) in [5.74, 6) is -0.457. The van der Waals surface area contributed by atoms with E-state index < -0.39 is 11.8 Å². The van der Waals surface area contributed by atoms with Gasteiger partial charge in [-0.25, -0.2) is 18.8 Å². The number of carboxylic acid groups (broad SMARTS) is 1. The summed E-state index contributed by atoms with van der Waals surface area (Å²) in [6.07, 6.45) is 3.61. The number of aliphatic imine (C=N–C) groups is 1. The maximum absolute atomic E-state index is 15.1. The molecule has 2 N–H and O–H groups in total. The molecule has 2 aliphatic rings. The molecule has 180 valence electrons. The molecule has 1 aromatic heterocycles. The number of hydrogen-bond acceptors (Lipinski definition) is 5. The first-order valence-corrected chi connectivity index (χ1v) is 11.7. The van der Waals surface area contributed by atoms with Crippen LogP contribution >= 0.6 is 0 Å². The largest absolute Gasteiger partial charge is 0.481 e. The molecule has 2 aliphatic heterocycles. The lowest BCUT2D eigenvalue weighted by atomic mass is 9.93. The van der Waals surface area contributed by atoms with Gasteiger partial charge >= 0.3 is 5.97 Å². The van der Waals surface area contributed by atoms with Crippen molar-refractivity contribution in [2.75, 3.05) is 29.9 Å². The first-order chi connectivity index (χ1) is 16.9. The highest BCUT2D eigenvalue weighted by atomic mass is 19.1. The Bertz CT molecular complexity index is 1300. The van der Waals surface area contributed by atoms with Crippen molar-refractivity contribution in [2.24, 2.45) is 10.9 Å². The van der Waals surface area contributed by atoms with E-state index in [4.69, 9.17) is 5.11 Å². The molecular weight excluding hydrogens is 450 g/mol. The normalized spacial score (nSPS) is 15.9. The Hall–Kier alpha value is -3.81. The topological polar surface area (TPSA) is 77.8 Å². The van der Waals surface area contributed by atoms with Crippen LogP contribution in [0.5, 0.6) is 0 Å². The Morgan fingerprint density at radius 2 is 1.86 bits per heavy atom. The molecular formula is C27H26F2N4O2. The standard InChI is InChI=1S/C27H26F2N4O2/c1-16-10-22(29)27-23(11-16)32-24(15-31-27)20-4-2-18(13-21(20)28)19-3-5-25(30-14-19)33-8-6-17(7-9-33)12-26(34)35/h2-5,10-11,13-14,17,31H,6-9,12,15H2,1H3,(H,34,35). The van der Waals surface area contributed by atoms with Crippen LogP contribution in [0, 0.1) is 24.5 Å². The molecule has 3 heterocycles. The minimum absolute atomic E-state index is 0.213. The molecule has 0 unspecified atom stereocenters. The van der Waals surface area contributed by atoms with Gasteiger partial charge in [0.1, 0.15) is 17.5 Å². The molecule has 6 nitrogen and oxygen atoms in total. The molecule has 8 heteroatoms. The molecule has 0 radical (unpaired) electrons. The van der Waals surface area contributed by atoms with Crippen LogP contribution in [0.2, 0.25) is 0 Å². The number of carbonyl (C=O) groups is 1. The van der Waals surface area contributed by atoms with E-state index in [0.29, 0.717) is 28.2 Å². The average molecular weight is 477 g/mol. The minimum Gasteiger partial charge on any atom is -0.481 e. The Labute approximate surface area is 202 Å². The second kappa shape index (κ2) is 9.44. The highest BCUT2D eigenvalue weighted by molar-refractivity contribution is 6.07. The van der Waals surface area contributed by atoms with Gasteiger partial charge in [0.25, 0.3) is 0 Å². The van der Waals surface area contributed by atoms with E-state index in [-0.39, 0.29) is 24.7 Å². The molecule has 1 fully saturated rings. The van der Waals surface area contributed by atoms with E-state index >= 15 is 4.39 Å². The maximum atomic E-state index is 15.1. The fourth-order valence-electron chi connectivity index (χ4n) is 4.79. The fourth-order valence-corrected chi connectivity index (χ4v) is 4.79. The molecule has 3 aromatic rings. The quantitative estimate of drug-likeness (QED) is 0.503. The van der Waals surface area contributed by atoms with Gasteiger partial charge in [0.2, 0.25) is 0 Å². The molecule has 35 heavy (non-hydrogen) atoms. The Morgan fingerprint density at radius 3 is 2.54 bits per heavy atom. The number of aliphatic carboxylic acids is 1. The van der Waals surface area contributed by atoms with Gasteiger partial charge < -0.3 is 15.3 Å². The summed E-state index contributed by atoms with van der Waals surface area (Å²) < 4.78 is 29.3. The van der Waals surface area contributed by atoms with E-state index in [2.05, 4.69) is 20.2 Å². The number of aryl methyl sites for hydroxylation is 1. The highest BCUT2D eigenvalue weighted by Gasteiger charge is 2.22. The zero-order chi connectivity index (χ0) is 24.5. The number of hydrogen-bond donors (Lipinski definition) is 2. The number of anilines is 2. The fraction of sp³-hybridized carbons (Fsp3) is 0.296. The number of fused-ring (bicyclic) bond motifs is 1. The molecule has 0 amide bonds. The van der Waals surface area contributed by atoms with Gasteiger partial charge in [0.05, 0.1) is 23.6 Å².